The van der Waals surface area contributed by atoms with E-state index < -0.39 is 40.5 Å². The SMILES string of the molecule is COc1ccc(S(=O)(=O)N[C@H](C(=O)OCC(=O)N(C)Cc2ccc(N(C)C)cc2)C(C)C)cc1. The van der Waals surface area contributed by atoms with Gasteiger partial charge in [-0.1, -0.05) is 26.0 Å². The van der Waals surface area contributed by atoms with Gasteiger partial charge in [-0.3, -0.25) is 9.59 Å². The van der Waals surface area contributed by atoms with Crippen molar-refractivity contribution >= 4 is 27.6 Å². The van der Waals surface area contributed by atoms with Crippen LogP contribution in [-0.4, -0.2) is 66.1 Å². The highest BCUT2D eigenvalue weighted by atomic mass is 32.2. The van der Waals surface area contributed by atoms with Crippen LogP contribution >= 0.6 is 0 Å². The third-order valence-corrected chi connectivity index (χ3v) is 6.67. The Balaban J connectivity index is 1.97. The number of nitrogens with one attached hydrogen (secondary N) is 1. The van der Waals surface area contributed by atoms with E-state index >= 15 is 0 Å². The van der Waals surface area contributed by atoms with Gasteiger partial charge < -0.3 is 19.3 Å². The monoisotopic (exact) mass is 491 g/mol. The van der Waals surface area contributed by atoms with E-state index in [1.165, 1.54) is 36.3 Å². The average molecular weight is 492 g/mol. The molecule has 0 saturated carbocycles. The van der Waals surface area contributed by atoms with Crippen molar-refractivity contribution in [3.63, 3.8) is 0 Å². The fourth-order valence-electron chi connectivity index (χ4n) is 3.04. The number of nitrogens with zero attached hydrogens (tertiary/aromatic N) is 2. The number of carbonyl (C=O) groups excluding carboxylic acids is 2. The van der Waals surface area contributed by atoms with Crippen LogP contribution in [0, 0.1) is 5.92 Å². The number of rotatable bonds is 11. The number of ether oxygens (including phenoxy) is 2. The third kappa shape index (κ3) is 7.46. The molecule has 2 aromatic carbocycles. The topological polar surface area (TPSA) is 105 Å². The highest BCUT2D eigenvalue weighted by Gasteiger charge is 2.30. The van der Waals surface area contributed by atoms with Crippen LogP contribution in [0.4, 0.5) is 5.69 Å². The fourth-order valence-corrected chi connectivity index (χ4v) is 4.37. The van der Waals surface area contributed by atoms with Crippen molar-refractivity contribution in [3.05, 3.63) is 54.1 Å². The molecule has 0 fully saturated rings. The van der Waals surface area contributed by atoms with Gasteiger partial charge in [-0.15, -0.1) is 0 Å². The molecule has 0 bridgehead atoms. The minimum absolute atomic E-state index is 0.0113. The summed E-state index contributed by atoms with van der Waals surface area (Å²) in [5, 5.41) is 0. The number of methoxy groups -OCH3 is 1. The summed E-state index contributed by atoms with van der Waals surface area (Å²) in [6, 6.07) is 12.4. The Kier molecular flexibility index (Phi) is 9.46. The van der Waals surface area contributed by atoms with Crippen LogP contribution in [0.1, 0.15) is 19.4 Å². The molecule has 0 radical (unpaired) electrons. The van der Waals surface area contributed by atoms with E-state index in [0.29, 0.717) is 12.3 Å². The molecule has 0 aliphatic heterocycles. The summed E-state index contributed by atoms with van der Waals surface area (Å²) in [4.78, 5) is 28.5. The molecule has 10 heteroatoms. The lowest BCUT2D eigenvalue weighted by molar-refractivity contribution is -0.154. The van der Waals surface area contributed by atoms with Crippen LogP contribution in [0.25, 0.3) is 0 Å². The zero-order valence-corrected chi connectivity index (χ0v) is 21.3. The number of amides is 1. The first-order valence-electron chi connectivity index (χ1n) is 10.8. The van der Waals surface area contributed by atoms with Crippen LogP contribution < -0.4 is 14.4 Å². The minimum Gasteiger partial charge on any atom is -0.497 e. The van der Waals surface area contributed by atoms with Crippen LogP contribution in [0.15, 0.2) is 53.4 Å². The number of carbonyl (C=O) groups is 2. The van der Waals surface area contributed by atoms with Crippen molar-refractivity contribution in [1.82, 2.24) is 9.62 Å². The molecule has 186 valence electrons. The summed E-state index contributed by atoms with van der Waals surface area (Å²) in [5.41, 5.74) is 1.98. The van der Waals surface area contributed by atoms with Crippen molar-refractivity contribution in [1.29, 1.82) is 0 Å². The minimum atomic E-state index is -3.99. The van der Waals surface area contributed by atoms with Crippen LogP contribution in [0.3, 0.4) is 0 Å². The molecular formula is C24H33N3O6S. The van der Waals surface area contributed by atoms with E-state index in [4.69, 9.17) is 9.47 Å². The lowest BCUT2D eigenvalue weighted by atomic mass is 10.1. The molecule has 2 aromatic rings. The summed E-state index contributed by atoms with van der Waals surface area (Å²) in [6.45, 7) is 3.24. The molecule has 0 spiro atoms. The molecule has 0 saturated heterocycles. The Labute approximate surface area is 201 Å². The Bertz CT molecular complexity index is 1070. The highest BCUT2D eigenvalue weighted by Crippen LogP contribution is 2.17. The molecule has 1 amide bonds. The van der Waals surface area contributed by atoms with Gasteiger partial charge in [-0.25, -0.2) is 8.42 Å². The second-order valence-electron chi connectivity index (χ2n) is 8.44. The molecule has 2 rings (SSSR count). The van der Waals surface area contributed by atoms with E-state index in [9.17, 15) is 18.0 Å². The van der Waals surface area contributed by atoms with Gasteiger partial charge in [0.05, 0.1) is 12.0 Å². The van der Waals surface area contributed by atoms with Crippen molar-refractivity contribution in [3.8, 4) is 5.75 Å². The smallest absolute Gasteiger partial charge is 0.324 e. The average Bonchev–Trinajstić information content (AvgIpc) is 2.80. The first kappa shape index (κ1) is 27.1. The van der Waals surface area contributed by atoms with Gasteiger partial charge in [0.2, 0.25) is 10.0 Å². The van der Waals surface area contributed by atoms with Crippen molar-refractivity contribution in [2.45, 2.75) is 31.3 Å². The zero-order valence-electron chi connectivity index (χ0n) is 20.4. The van der Waals surface area contributed by atoms with E-state index in [-0.39, 0.29) is 4.90 Å². The molecule has 0 aliphatic rings. The normalized spacial score (nSPS) is 12.2. The van der Waals surface area contributed by atoms with Gasteiger partial charge in [0.1, 0.15) is 11.8 Å². The van der Waals surface area contributed by atoms with Gasteiger partial charge in [0.15, 0.2) is 6.61 Å². The molecule has 34 heavy (non-hydrogen) atoms. The van der Waals surface area contributed by atoms with Crippen LogP contribution in [0.2, 0.25) is 0 Å². The number of anilines is 1. The third-order valence-electron chi connectivity index (χ3n) is 5.21. The quantitative estimate of drug-likeness (QED) is 0.481. The summed E-state index contributed by atoms with van der Waals surface area (Å²) in [7, 11) is 3.00. The van der Waals surface area contributed by atoms with E-state index in [2.05, 4.69) is 4.72 Å². The maximum Gasteiger partial charge on any atom is 0.324 e. The van der Waals surface area contributed by atoms with Gasteiger partial charge in [0, 0.05) is 33.4 Å². The van der Waals surface area contributed by atoms with Crippen LogP contribution in [0.5, 0.6) is 5.75 Å². The Morgan fingerprint density at radius 1 is 0.971 bits per heavy atom. The lowest BCUT2D eigenvalue weighted by Crippen LogP contribution is -2.46. The summed E-state index contributed by atoms with van der Waals surface area (Å²) < 4.78 is 38.0. The van der Waals surface area contributed by atoms with Crippen molar-refractivity contribution in [2.24, 2.45) is 5.92 Å². The van der Waals surface area contributed by atoms with Gasteiger partial charge in [0.25, 0.3) is 5.91 Å². The van der Waals surface area contributed by atoms with Crippen molar-refractivity contribution < 1.29 is 27.5 Å². The van der Waals surface area contributed by atoms with Crippen molar-refractivity contribution in [2.75, 3.05) is 39.8 Å². The first-order chi connectivity index (χ1) is 15.9. The molecule has 9 nitrogen and oxygen atoms in total. The van der Waals surface area contributed by atoms with Crippen LogP contribution in [-0.2, 0) is 30.9 Å². The Morgan fingerprint density at radius 3 is 2.06 bits per heavy atom. The van der Waals surface area contributed by atoms with E-state index in [1.54, 1.807) is 20.9 Å². The molecule has 1 N–H and O–H groups in total. The predicted molar refractivity (Wildman–Crippen MR) is 130 cm³/mol. The second kappa shape index (κ2) is 11.8. The standard InChI is InChI=1S/C24H33N3O6S/c1-17(2)23(25-34(30,31)21-13-11-20(32-6)12-14-21)24(29)33-16-22(28)27(5)15-18-7-9-19(10-8-18)26(3)4/h7-14,17,23,25H,15-16H2,1-6H3/t23-/m0/s1. The number of likely N-dealkylation sites (N-methyl/N-ethyl adjacent to an activating group) is 1. The zero-order chi connectivity index (χ0) is 25.5. The number of hydrogen-bond acceptors (Lipinski definition) is 7. The predicted octanol–water partition coefficient (Wildman–Crippen LogP) is 2.27. The summed E-state index contributed by atoms with van der Waals surface area (Å²) in [5.74, 6) is -1.10. The number of esters is 1. The van der Waals surface area contributed by atoms with Gasteiger partial charge in [-0.2, -0.15) is 4.72 Å². The largest absolute Gasteiger partial charge is 0.497 e. The summed E-state index contributed by atoms with van der Waals surface area (Å²) >= 11 is 0. The molecule has 0 aliphatic carbocycles. The fraction of sp³-hybridized carbons (Fsp3) is 0.417. The van der Waals surface area contributed by atoms with Gasteiger partial charge >= 0.3 is 5.97 Å². The maximum atomic E-state index is 12.7. The summed E-state index contributed by atoms with van der Waals surface area (Å²) in [6.07, 6.45) is 0. The molecule has 1 atom stereocenters. The Hall–Kier alpha value is -3.11. The molecule has 0 aromatic heterocycles. The lowest BCUT2D eigenvalue weighted by Gasteiger charge is -2.22. The highest BCUT2D eigenvalue weighted by molar-refractivity contribution is 7.89. The Morgan fingerprint density at radius 2 is 1.56 bits per heavy atom. The van der Waals surface area contributed by atoms with E-state index in [0.717, 1.165) is 11.3 Å². The van der Waals surface area contributed by atoms with E-state index in [1.807, 2.05) is 43.3 Å². The number of sulfonamides is 1. The molecule has 0 unspecified atom stereocenters. The first-order valence-corrected chi connectivity index (χ1v) is 12.3. The van der Waals surface area contributed by atoms with Gasteiger partial charge in [-0.05, 0) is 47.9 Å². The number of benzene rings is 2. The molecular weight excluding hydrogens is 458 g/mol. The number of hydrogen-bond donors (Lipinski definition) is 1. The maximum absolute atomic E-state index is 12.7. The second-order valence-corrected chi connectivity index (χ2v) is 10.2. The molecule has 0 heterocycles.